The van der Waals surface area contributed by atoms with Crippen molar-refractivity contribution in [2.45, 2.75) is 45.3 Å². The lowest BCUT2D eigenvalue weighted by Gasteiger charge is -2.07. The van der Waals surface area contributed by atoms with Gasteiger partial charge in [0.25, 0.3) is 0 Å². The van der Waals surface area contributed by atoms with E-state index in [1.165, 1.54) is 12.8 Å². The number of aromatic nitrogens is 4. The van der Waals surface area contributed by atoms with Crippen LogP contribution in [0.1, 0.15) is 36.8 Å². The zero-order chi connectivity index (χ0) is 15.6. The molecule has 23 heavy (non-hydrogen) atoms. The van der Waals surface area contributed by atoms with Crippen LogP contribution in [0.4, 0.5) is 0 Å². The van der Waals surface area contributed by atoms with E-state index in [-0.39, 0.29) is 6.10 Å². The number of aryl methyl sites for hydroxylation is 1. The average molecular weight is 308 g/mol. The molecule has 1 atom stereocenters. The number of pyridine rings is 1. The molecule has 0 N–H and O–H groups in total. The van der Waals surface area contributed by atoms with Crippen molar-refractivity contribution in [3.8, 4) is 23.2 Å². The third-order valence-electron chi connectivity index (χ3n) is 4.27. The van der Waals surface area contributed by atoms with E-state index in [1.54, 1.807) is 0 Å². The van der Waals surface area contributed by atoms with Gasteiger partial charge in [-0.15, -0.1) is 5.10 Å². The molecule has 1 saturated heterocycles. The van der Waals surface area contributed by atoms with Gasteiger partial charge in [0.1, 0.15) is 5.69 Å². The maximum atomic E-state index is 5.64. The normalized spacial score (nSPS) is 20.3. The summed E-state index contributed by atoms with van der Waals surface area (Å²) in [5.74, 6) is 7.08. The summed E-state index contributed by atoms with van der Waals surface area (Å²) in [7, 11) is 0. The highest BCUT2D eigenvalue weighted by molar-refractivity contribution is 5.58. The summed E-state index contributed by atoms with van der Waals surface area (Å²) < 4.78 is 7.50. The molecule has 4 rings (SSSR count). The molecule has 2 aromatic rings. The van der Waals surface area contributed by atoms with Crippen LogP contribution in [0.3, 0.4) is 0 Å². The Morgan fingerprint density at radius 2 is 2.26 bits per heavy atom. The Morgan fingerprint density at radius 3 is 3.00 bits per heavy atom. The monoisotopic (exact) mass is 308 g/mol. The molecule has 1 saturated carbocycles. The topological polar surface area (TPSA) is 52.8 Å². The lowest BCUT2D eigenvalue weighted by atomic mass is 10.1. The van der Waals surface area contributed by atoms with Gasteiger partial charge in [-0.1, -0.05) is 17.1 Å². The summed E-state index contributed by atoms with van der Waals surface area (Å²) in [6.45, 7) is 3.66. The second-order valence-corrected chi connectivity index (χ2v) is 6.39. The quantitative estimate of drug-likeness (QED) is 0.818. The van der Waals surface area contributed by atoms with Crippen LogP contribution in [-0.2, 0) is 11.3 Å². The molecule has 0 amide bonds. The van der Waals surface area contributed by atoms with E-state index in [4.69, 9.17) is 4.74 Å². The maximum absolute atomic E-state index is 5.64. The number of nitrogens with zero attached hydrogens (tertiary/aromatic N) is 4. The second-order valence-electron chi connectivity index (χ2n) is 6.39. The molecule has 0 unspecified atom stereocenters. The van der Waals surface area contributed by atoms with Crippen LogP contribution in [0.25, 0.3) is 11.4 Å². The Bertz CT molecular complexity index is 761. The van der Waals surface area contributed by atoms with Crippen LogP contribution in [0.15, 0.2) is 18.5 Å². The predicted octanol–water partition coefficient (Wildman–Crippen LogP) is 2.59. The van der Waals surface area contributed by atoms with Crippen LogP contribution in [0.5, 0.6) is 0 Å². The van der Waals surface area contributed by atoms with E-state index in [0.717, 1.165) is 48.5 Å². The number of hydrogen-bond donors (Lipinski definition) is 0. The molecular weight excluding hydrogens is 288 g/mol. The van der Waals surface area contributed by atoms with Gasteiger partial charge in [-0.2, -0.15) is 0 Å². The molecule has 0 aromatic carbocycles. The highest BCUT2D eigenvalue weighted by Crippen LogP contribution is 2.27. The lowest BCUT2D eigenvalue weighted by molar-refractivity contribution is 0.0935. The second kappa shape index (κ2) is 6.13. The molecule has 5 nitrogen and oxygen atoms in total. The summed E-state index contributed by atoms with van der Waals surface area (Å²) in [6, 6.07) is 2.08. The van der Waals surface area contributed by atoms with E-state index < -0.39 is 0 Å². The van der Waals surface area contributed by atoms with E-state index in [9.17, 15) is 0 Å². The Hall–Kier alpha value is -2.19. The van der Waals surface area contributed by atoms with Crippen molar-refractivity contribution in [2.75, 3.05) is 6.61 Å². The van der Waals surface area contributed by atoms with Gasteiger partial charge in [0.15, 0.2) is 0 Å². The Labute approximate surface area is 136 Å². The molecule has 2 aromatic heterocycles. The van der Waals surface area contributed by atoms with Crippen molar-refractivity contribution in [1.29, 1.82) is 0 Å². The van der Waals surface area contributed by atoms with Crippen molar-refractivity contribution in [3.63, 3.8) is 0 Å². The van der Waals surface area contributed by atoms with Crippen molar-refractivity contribution >= 4 is 0 Å². The average Bonchev–Trinajstić information content (AvgIpc) is 3.03. The van der Waals surface area contributed by atoms with Crippen LogP contribution >= 0.6 is 0 Å². The fraction of sp³-hybridized carbons (Fsp3) is 0.500. The molecule has 118 valence electrons. The zero-order valence-corrected chi connectivity index (χ0v) is 13.3. The summed E-state index contributed by atoms with van der Waals surface area (Å²) in [5, 5.41) is 8.47. The molecule has 0 radical (unpaired) electrons. The third-order valence-corrected chi connectivity index (χ3v) is 4.27. The molecule has 2 aliphatic rings. The van der Waals surface area contributed by atoms with Gasteiger partial charge in [-0.25, -0.2) is 4.68 Å². The summed E-state index contributed by atoms with van der Waals surface area (Å²) >= 11 is 0. The summed E-state index contributed by atoms with van der Waals surface area (Å²) in [6.07, 6.45) is 8.76. The fourth-order valence-corrected chi connectivity index (χ4v) is 2.82. The minimum absolute atomic E-state index is 0.263. The first-order chi connectivity index (χ1) is 11.3. The highest BCUT2D eigenvalue weighted by atomic mass is 16.5. The van der Waals surface area contributed by atoms with Crippen LogP contribution < -0.4 is 0 Å². The largest absolute Gasteiger partial charge is 0.376 e. The first kappa shape index (κ1) is 14.4. The summed E-state index contributed by atoms with van der Waals surface area (Å²) in [4.78, 5) is 4.54. The molecule has 5 heteroatoms. The maximum Gasteiger partial charge on any atom is 0.131 e. The SMILES string of the molecule is Cc1cc(C#CC2CC2)cnc1-c1cn(C[C@@H]2CCCO2)nn1. The Balaban J connectivity index is 1.51. The van der Waals surface area contributed by atoms with E-state index in [0.29, 0.717) is 5.92 Å². The first-order valence-electron chi connectivity index (χ1n) is 8.28. The molecule has 1 aliphatic carbocycles. The molecule has 1 aliphatic heterocycles. The van der Waals surface area contributed by atoms with E-state index in [1.807, 2.05) is 24.0 Å². The van der Waals surface area contributed by atoms with Crippen LogP contribution in [0.2, 0.25) is 0 Å². The predicted molar refractivity (Wildman–Crippen MR) is 86.6 cm³/mol. The summed E-state index contributed by atoms with van der Waals surface area (Å²) in [5.41, 5.74) is 3.74. The van der Waals surface area contributed by atoms with Gasteiger partial charge in [0.05, 0.1) is 24.5 Å². The highest BCUT2D eigenvalue weighted by Gasteiger charge is 2.18. The minimum atomic E-state index is 0.263. The zero-order valence-electron chi connectivity index (χ0n) is 13.3. The van der Waals surface area contributed by atoms with Gasteiger partial charge >= 0.3 is 0 Å². The van der Waals surface area contributed by atoms with Gasteiger partial charge in [-0.05, 0) is 44.2 Å². The number of ether oxygens (including phenoxy) is 1. The molecule has 2 fully saturated rings. The molecular formula is C18H20N4O. The van der Waals surface area contributed by atoms with Crippen LogP contribution in [0, 0.1) is 24.7 Å². The molecule has 0 spiro atoms. The van der Waals surface area contributed by atoms with Crippen molar-refractivity contribution in [2.24, 2.45) is 5.92 Å². The lowest BCUT2D eigenvalue weighted by Crippen LogP contribution is -2.15. The minimum Gasteiger partial charge on any atom is -0.376 e. The van der Waals surface area contributed by atoms with Gasteiger partial charge < -0.3 is 4.74 Å². The smallest absolute Gasteiger partial charge is 0.131 e. The molecule has 0 bridgehead atoms. The number of rotatable bonds is 3. The third kappa shape index (κ3) is 3.43. The first-order valence-corrected chi connectivity index (χ1v) is 8.28. The van der Waals surface area contributed by atoms with Crippen LogP contribution in [-0.4, -0.2) is 32.7 Å². The van der Waals surface area contributed by atoms with Gasteiger partial charge in [0.2, 0.25) is 0 Å². The standard InChI is InChI=1S/C18H20N4O/c1-13-9-15(7-6-14-4-5-14)10-19-18(13)17-12-22(21-20-17)11-16-3-2-8-23-16/h9-10,12,14,16H,2-5,8,11H2,1H3/t16-/m0/s1. The Kier molecular flexibility index (Phi) is 3.84. The van der Waals surface area contributed by atoms with Crippen molar-refractivity contribution in [3.05, 3.63) is 29.6 Å². The van der Waals surface area contributed by atoms with E-state index in [2.05, 4.69) is 33.2 Å². The number of hydrogen-bond acceptors (Lipinski definition) is 4. The Morgan fingerprint density at radius 1 is 1.35 bits per heavy atom. The van der Waals surface area contributed by atoms with Gasteiger partial charge in [0, 0.05) is 24.3 Å². The molecule has 3 heterocycles. The van der Waals surface area contributed by atoms with Gasteiger partial charge in [-0.3, -0.25) is 4.98 Å². The fourth-order valence-electron chi connectivity index (χ4n) is 2.82. The van der Waals surface area contributed by atoms with Crippen molar-refractivity contribution < 1.29 is 4.74 Å². The van der Waals surface area contributed by atoms with E-state index >= 15 is 0 Å². The van der Waals surface area contributed by atoms with Crippen molar-refractivity contribution in [1.82, 2.24) is 20.0 Å².